The number of alkyl halides is 4. The fourth-order valence-electron chi connectivity index (χ4n) is 6.52. The first-order valence-electron chi connectivity index (χ1n) is 21.8. The van der Waals surface area contributed by atoms with Gasteiger partial charge in [0.05, 0.1) is 44.0 Å². The average Bonchev–Trinajstić information content (AvgIpc) is 4.14. The van der Waals surface area contributed by atoms with E-state index in [-0.39, 0.29) is 81.2 Å². The predicted octanol–water partition coefficient (Wildman–Crippen LogP) is 14.1. The van der Waals surface area contributed by atoms with Gasteiger partial charge < -0.3 is 43.1 Å². The Hall–Kier alpha value is -6.17. The van der Waals surface area contributed by atoms with Crippen molar-refractivity contribution in [1.82, 2.24) is 59.2 Å². The van der Waals surface area contributed by atoms with Crippen LogP contribution in [0.15, 0.2) is 60.9 Å². The van der Waals surface area contributed by atoms with Gasteiger partial charge >= 0.3 is 5.69 Å². The van der Waals surface area contributed by atoms with E-state index in [0.29, 0.717) is 51.3 Å². The van der Waals surface area contributed by atoms with Gasteiger partial charge in [-0.3, -0.25) is 19.4 Å². The van der Waals surface area contributed by atoms with Crippen molar-refractivity contribution in [2.45, 2.75) is 38.3 Å². The lowest BCUT2D eigenvalue weighted by molar-refractivity contribution is -0.384. The first-order valence-corrected chi connectivity index (χ1v) is 25.6. The number of hydrogen-bond acceptors (Lipinski definition) is 18. The summed E-state index contributed by atoms with van der Waals surface area (Å²) < 4.78 is 64.6. The molecule has 1 atom stereocenters. The first-order chi connectivity index (χ1) is 37.7. The van der Waals surface area contributed by atoms with Crippen LogP contribution in [0.1, 0.15) is 50.0 Å². The van der Waals surface area contributed by atoms with E-state index < -0.39 is 35.5 Å². The molecule has 0 spiro atoms. The third-order valence-corrected chi connectivity index (χ3v) is 12.2. The molecule has 426 valence electrons. The summed E-state index contributed by atoms with van der Waals surface area (Å²) in [6.07, 6.45) is -1.82. The maximum atomic E-state index is 13.2. The maximum Gasteiger partial charge on any atom is 0.329 e. The van der Waals surface area contributed by atoms with Gasteiger partial charge in [-0.15, -0.1) is 0 Å². The largest absolute Gasteiger partial charge is 0.494 e. The third kappa shape index (κ3) is 17.7. The van der Waals surface area contributed by atoms with Crippen molar-refractivity contribution in [2.24, 2.45) is 7.05 Å². The van der Waals surface area contributed by atoms with Crippen LogP contribution in [0.4, 0.5) is 52.1 Å². The highest BCUT2D eigenvalue weighted by atomic mass is 35.5. The van der Waals surface area contributed by atoms with Gasteiger partial charge in [-0.2, -0.15) is 5.10 Å². The van der Waals surface area contributed by atoms with E-state index in [2.05, 4.69) is 50.0 Å². The molecule has 1 aliphatic heterocycles. The van der Waals surface area contributed by atoms with Crippen LogP contribution < -0.4 is 33.4 Å². The Bertz CT molecular complexity index is 3520. The number of benzene rings is 1. The highest BCUT2D eigenvalue weighted by Crippen LogP contribution is 2.36. The van der Waals surface area contributed by atoms with E-state index in [1.165, 1.54) is 34.9 Å². The standard InChI is InChI=1S/C12H11Cl2F2N3O.C10H12N4O.C7H3Cl2F2N3.C5H3Cl2N3O2.C5H5Cl2N3.C5H4Cl2N2/c13-6-5-7(14)17-11-9(6)18-12(10(15)16)19(11)8-3-1-2-4-20-8;1-14-6-12-10(13-14)7-4-3-5-8(11)9(7)15-2;8-2-1-3(9)12-6-4(2)13-7(14-6)5(10)11;6-2-1-3(7)9-5(8)4(2)10(11)12;6-2-1-3(7)10-5(9)4(2)8;6-3-1-4(7)9-5(8)2-3/h5,8,10H,1-4H2;3-6H,11H2,1-2H3;1,5H,(H,12,13,14);1H,(H2,8,9);1H,8H2,(H2,9,10);1-2H,(H2,8,9). The molecule has 1 aromatic carbocycles. The molecule has 11 N–H and O–H groups in total. The Morgan fingerprint density at radius 1 is 0.738 bits per heavy atom. The number of aromatic nitrogens is 12. The van der Waals surface area contributed by atoms with Crippen LogP contribution in [-0.4, -0.2) is 77.8 Å². The molecular weight excluding hydrogens is 1280 g/mol. The van der Waals surface area contributed by atoms with Crippen LogP contribution in [0.2, 0.25) is 50.9 Å². The molecule has 1 aliphatic rings. The fourth-order valence-corrected chi connectivity index (χ4v) is 8.94. The van der Waals surface area contributed by atoms with Crippen molar-refractivity contribution in [3.8, 4) is 17.1 Å². The Morgan fingerprint density at radius 2 is 1.35 bits per heavy atom. The molecule has 10 rings (SSSR count). The predicted molar refractivity (Wildman–Crippen MR) is 305 cm³/mol. The van der Waals surface area contributed by atoms with Gasteiger partial charge in [0.1, 0.15) is 66.0 Å². The molecule has 8 aromatic heterocycles. The monoisotopic (exact) mass is 1310 g/mol. The summed E-state index contributed by atoms with van der Waals surface area (Å²) in [5, 5.41) is 16.5. The summed E-state index contributed by atoms with van der Waals surface area (Å²) in [5.41, 5.74) is 29.0. The minimum absolute atomic E-state index is 0.0306. The van der Waals surface area contributed by atoms with E-state index >= 15 is 0 Å². The van der Waals surface area contributed by atoms with Crippen LogP contribution >= 0.6 is 116 Å². The number of nitrogens with zero attached hydrogens (tertiary/aromatic N) is 12. The number of nitro groups is 1. The number of aryl methyl sites for hydroxylation is 1. The topological polar surface area (TPSA) is 333 Å². The van der Waals surface area contributed by atoms with Crippen molar-refractivity contribution < 1.29 is 32.0 Å². The summed E-state index contributed by atoms with van der Waals surface area (Å²) in [4.78, 5) is 42.3. The molecule has 22 nitrogen and oxygen atoms in total. The van der Waals surface area contributed by atoms with Gasteiger partial charge in [-0.1, -0.05) is 122 Å². The van der Waals surface area contributed by atoms with Crippen LogP contribution in [0, 0.1) is 10.1 Å². The number of fused-ring (bicyclic) bond motifs is 2. The number of ether oxygens (including phenoxy) is 2. The Balaban J connectivity index is 0.000000180. The number of hydrogen-bond donors (Lipinski definition) is 6. The summed E-state index contributed by atoms with van der Waals surface area (Å²) >= 11 is 56.2. The lowest BCUT2D eigenvalue weighted by Crippen LogP contribution is -2.20. The van der Waals surface area contributed by atoms with Gasteiger partial charge in [0, 0.05) is 24.7 Å². The number of anilines is 5. The van der Waals surface area contributed by atoms with E-state index in [0.717, 1.165) is 24.5 Å². The number of aromatic amines is 1. The Labute approximate surface area is 499 Å². The molecule has 0 saturated carbocycles. The van der Waals surface area contributed by atoms with Crippen molar-refractivity contribution in [1.29, 1.82) is 0 Å². The number of methoxy groups -OCH3 is 1. The number of para-hydroxylation sites is 1. The van der Waals surface area contributed by atoms with Gasteiger partial charge in [0.2, 0.25) is 5.82 Å². The van der Waals surface area contributed by atoms with Gasteiger partial charge in [-0.05, 0) is 61.7 Å². The zero-order valence-corrected chi connectivity index (χ0v) is 48.1. The molecule has 0 amide bonds. The summed E-state index contributed by atoms with van der Waals surface area (Å²) in [7, 11) is 3.40. The molecule has 1 unspecified atom stereocenters. The van der Waals surface area contributed by atoms with Crippen molar-refractivity contribution in [2.75, 3.05) is 42.4 Å². The number of rotatable bonds is 6. The van der Waals surface area contributed by atoms with Crippen molar-refractivity contribution in [3.05, 3.63) is 134 Å². The second-order valence-electron chi connectivity index (χ2n) is 15.5. The lowest BCUT2D eigenvalue weighted by atomic mass is 10.1. The molecule has 9 aromatic rings. The van der Waals surface area contributed by atoms with E-state index in [4.69, 9.17) is 154 Å². The van der Waals surface area contributed by atoms with Gasteiger partial charge in [0.25, 0.3) is 12.9 Å². The zero-order chi connectivity index (χ0) is 59.3. The highest BCUT2D eigenvalue weighted by molar-refractivity contribution is 6.38. The molecule has 0 bridgehead atoms. The number of nitrogens with two attached hydrogens (primary N) is 5. The van der Waals surface area contributed by atoms with Crippen molar-refractivity contribution >= 4 is 173 Å². The fraction of sp³-hybridized carbons (Fsp3) is 0.205. The number of nitrogens with one attached hydrogen (secondary N) is 1. The minimum Gasteiger partial charge on any atom is -0.494 e. The molecule has 36 heteroatoms. The minimum atomic E-state index is -2.73. The van der Waals surface area contributed by atoms with E-state index in [1.54, 1.807) is 24.2 Å². The van der Waals surface area contributed by atoms with E-state index in [1.807, 2.05) is 19.2 Å². The number of nitrogen functional groups attached to an aromatic ring is 5. The third-order valence-electron chi connectivity index (χ3n) is 9.84. The summed E-state index contributed by atoms with van der Waals surface area (Å²) in [5.74, 6) is 0.605. The number of imidazole rings is 2. The molecule has 80 heavy (non-hydrogen) atoms. The summed E-state index contributed by atoms with van der Waals surface area (Å²) in [6, 6.07) is 13.9. The molecule has 1 saturated heterocycles. The van der Waals surface area contributed by atoms with Gasteiger partial charge in [0.15, 0.2) is 34.5 Å². The first kappa shape index (κ1) is 64.6. The lowest BCUT2D eigenvalue weighted by Gasteiger charge is -2.25. The maximum absolute atomic E-state index is 13.2. The van der Waals surface area contributed by atoms with Crippen LogP contribution in [0.5, 0.6) is 5.75 Å². The Morgan fingerprint density at radius 3 is 1.90 bits per heavy atom. The number of H-pyrrole nitrogens is 1. The van der Waals surface area contributed by atoms with Gasteiger partial charge in [-0.25, -0.2) is 57.4 Å². The SMILES string of the molecule is COc1c(N)cccc1-c1ncn(C)n1.FC(F)c1nc2c(Cl)cc(Cl)nc2n1C1CCCCO1.FC(F)c1nc2nc(Cl)cc(Cl)c2[nH]1.Nc1cc(Cl)cc(Cl)n1.Nc1nc(Cl)cc(Cl)c1N.Nc1nc(Cl)cc(Cl)c1[N+](=O)[O-]. The quantitative estimate of drug-likeness (QED) is 0.0296. The van der Waals surface area contributed by atoms with Crippen molar-refractivity contribution in [3.63, 3.8) is 0 Å². The second-order valence-corrected chi connectivity index (χ2v) is 19.5. The average molecular weight is 1310 g/mol. The normalized spacial score (nSPS) is 12.7. The molecule has 9 heterocycles. The van der Waals surface area contributed by atoms with Crippen LogP contribution in [-0.2, 0) is 11.8 Å². The molecule has 0 aliphatic carbocycles. The molecular formula is C44H38Cl10F4N18O4. The Kier molecular flexibility index (Phi) is 23.9. The smallest absolute Gasteiger partial charge is 0.329 e. The summed E-state index contributed by atoms with van der Waals surface area (Å²) in [6.45, 7) is 0.529. The second kappa shape index (κ2) is 29.5. The van der Waals surface area contributed by atoms with Crippen LogP contribution in [0.25, 0.3) is 33.7 Å². The zero-order valence-electron chi connectivity index (χ0n) is 40.5. The van der Waals surface area contributed by atoms with E-state index in [9.17, 15) is 27.7 Å². The molecule has 0 radical (unpaired) electrons. The number of halogens is 14. The van der Waals surface area contributed by atoms with Crippen LogP contribution in [0.3, 0.4) is 0 Å². The molecule has 1 fully saturated rings. The number of pyridine rings is 5. The highest BCUT2D eigenvalue weighted by Gasteiger charge is 2.28.